The monoisotopic (exact) mass is 306 g/mol. The normalized spacial score (nSPS) is 13.3. The van der Waals surface area contributed by atoms with Gasteiger partial charge in [0, 0.05) is 19.1 Å². The number of rotatable bonds is 6. The maximum absolute atomic E-state index is 11.8. The lowest BCUT2D eigenvalue weighted by atomic mass is 10.0. The highest BCUT2D eigenvalue weighted by Gasteiger charge is 2.21. The molecule has 1 aromatic rings. The first kappa shape index (κ1) is 18.5. The molecule has 22 heavy (non-hydrogen) atoms. The van der Waals surface area contributed by atoms with Gasteiger partial charge in [0.1, 0.15) is 5.60 Å². The Balaban J connectivity index is 2.56. The molecule has 0 radical (unpaired) electrons. The first-order valence-electron chi connectivity index (χ1n) is 7.90. The molecule has 124 valence electrons. The zero-order valence-electron chi connectivity index (χ0n) is 14.7. The summed E-state index contributed by atoms with van der Waals surface area (Å²) in [5.41, 5.74) is 0.806. The highest BCUT2D eigenvalue weighted by Crippen LogP contribution is 2.13. The summed E-state index contributed by atoms with van der Waals surface area (Å²) in [4.78, 5) is 14.1. The number of hydrogen-bond donors (Lipinski definition) is 1. The van der Waals surface area contributed by atoms with Gasteiger partial charge in [-0.3, -0.25) is 4.90 Å². The highest BCUT2D eigenvalue weighted by molar-refractivity contribution is 5.67. The van der Waals surface area contributed by atoms with Crippen LogP contribution in [0.3, 0.4) is 0 Å². The highest BCUT2D eigenvalue weighted by atomic mass is 16.6. The maximum Gasteiger partial charge on any atom is 0.407 e. The van der Waals surface area contributed by atoms with E-state index in [2.05, 4.69) is 43.2 Å². The van der Waals surface area contributed by atoms with Gasteiger partial charge in [-0.05, 0) is 39.3 Å². The van der Waals surface area contributed by atoms with E-state index >= 15 is 0 Å². The number of alkyl carbamates (subject to hydrolysis) is 1. The Labute approximate surface area is 134 Å². The van der Waals surface area contributed by atoms with E-state index in [4.69, 9.17) is 4.74 Å². The van der Waals surface area contributed by atoms with Gasteiger partial charge in [-0.25, -0.2) is 4.79 Å². The Hall–Kier alpha value is -1.55. The third-order valence-electron chi connectivity index (χ3n) is 3.46. The van der Waals surface area contributed by atoms with Crippen LogP contribution in [0.25, 0.3) is 0 Å². The van der Waals surface area contributed by atoms with Gasteiger partial charge in [0.15, 0.2) is 0 Å². The molecular weight excluding hydrogens is 276 g/mol. The molecule has 0 unspecified atom stereocenters. The van der Waals surface area contributed by atoms with Gasteiger partial charge in [-0.2, -0.15) is 0 Å². The number of ether oxygens (including phenoxy) is 1. The fourth-order valence-corrected chi connectivity index (χ4v) is 2.39. The van der Waals surface area contributed by atoms with Gasteiger partial charge in [0.2, 0.25) is 0 Å². The number of likely N-dealkylation sites (N-methyl/N-ethyl adjacent to an activating group) is 1. The standard InChI is InChI=1S/C18H30N2O2/c1-14(2)16(12-19-17(21)22-18(3,4)5)20(6)13-15-10-8-7-9-11-15/h7-11,14,16H,12-13H2,1-6H3,(H,19,21)/t16-/m1/s1. The summed E-state index contributed by atoms with van der Waals surface area (Å²) in [6, 6.07) is 10.6. The minimum atomic E-state index is -0.465. The van der Waals surface area contributed by atoms with Crippen molar-refractivity contribution in [1.29, 1.82) is 0 Å². The smallest absolute Gasteiger partial charge is 0.407 e. The zero-order chi connectivity index (χ0) is 16.8. The van der Waals surface area contributed by atoms with Crippen LogP contribution in [0.5, 0.6) is 0 Å². The summed E-state index contributed by atoms with van der Waals surface area (Å²) < 4.78 is 5.30. The van der Waals surface area contributed by atoms with Crippen molar-refractivity contribution in [1.82, 2.24) is 10.2 Å². The fourth-order valence-electron chi connectivity index (χ4n) is 2.39. The van der Waals surface area contributed by atoms with Crippen molar-refractivity contribution in [2.75, 3.05) is 13.6 Å². The Morgan fingerprint density at radius 3 is 2.32 bits per heavy atom. The summed E-state index contributed by atoms with van der Waals surface area (Å²) in [5.74, 6) is 0.434. The molecule has 4 heteroatoms. The number of benzene rings is 1. The fraction of sp³-hybridized carbons (Fsp3) is 0.611. The quantitative estimate of drug-likeness (QED) is 0.872. The molecule has 0 aliphatic heterocycles. The number of carbonyl (C=O) groups is 1. The van der Waals surface area contributed by atoms with Crippen molar-refractivity contribution in [2.24, 2.45) is 5.92 Å². The lowest BCUT2D eigenvalue weighted by Gasteiger charge is -2.32. The lowest BCUT2D eigenvalue weighted by Crippen LogP contribution is -2.45. The number of carbonyl (C=O) groups excluding carboxylic acids is 1. The summed E-state index contributed by atoms with van der Waals surface area (Å²) in [7, 11) is 2.09. The molecule has 0 bridgehead atoms. The van der Waals surface area contributed by atoms with E-state index in [1.165, 1.54) is 5.56 Å². The molecular formula is C18H30N2O2. The average Bonchev–Trinajstić information content (AvgIpc) is 2.37. The zero-order valence-corrected chi connectivity index (χ0v) is 14.7. The van der Waals surface area contributed by atoms with Crippen LogP contribution < -0.4 is 5.32 Å². The second-order valence-electron chi connectivity index (χ2n) is 7.09. The van der Waals surface area contributed by atoms with Gasteiger partial charge in [0.05, 0.1) is 0 Å². The number of amides is 1. The molecule has 0 spiro atoms. The van der Waals surface area contributed by atoms with Crippen LogP contribution in [0.4, 0.5) is 4.79 Å². The first-order chi connectivity index (χ1) is 10.2. The lowest BCUT2D eigenvalue weighted by molar-refractivity contribution is 0.0501. The average molecular weight is 306 g/mol. The van der Waals surface area contributed by atoms with Crippen molar-refractivity contribution >= 4 is 6.09 Å². The van der Waals surface area contributed by atoms with Crippen molar-refractivity contribution in [2.45, 2.75) is 52.8 Å². The van der Waals surface area contributed by atoms with E-state index < -0.39 is 5.60 Å². The van der Waals surface area contributed by atoms with E-state index in [-0.39, 0.29) is 12.1 Å². The van der Waals surface area contributed by atoms with E-state index in [1.54, 1.807) is 0 Å². The molecule has 0 saturated carbocycles. The molecule has 0 aliphatic carbocycles. The Morgan fingerprint density at radius 2 is 1.82 bits per heavy atom. The van der Waals surface area contributed by atoms with Gasteiger partial charge in [-0.1, -0.05) is 44.2 Å². The van der Waals surface area contributed by atoms with Crippen molar-refractivity contribution in [3.63, 3.8) is 0 Å². The molecule has 0 aromatic heterocycles. The summed E-state index contributed by atoms with van der Waals surface area (Å²) in [6.45, 7) is 11.4. The Morgan fingerprint density at radius 1 is 1.23 bits per heavy atom. The van der Waals surface area contributed by atoms with Crippen molar-refractivity contribution in [3.05, 3.63) is 35.9 Å². The minimum absolute atomic E-state index is 0.257. The summed E-state index contributed by atoms with van der Waals surface area (Å²) in [6.07, 6.45) is -0.355. The third-order valence-corrected chi connectivity index (χ3v) is 3.46. The Bertz CT molecular complexity index is 452. The van der Waals surface area contributed by atoms with Crippen LogP contribution >= 0.6 is 0 Å². The Kier molecular flexibility index (Phi) is 6.88. The predicted octanol–water partition coefficient (Wildman–Crippen LogP) is 3.67. The third kappa shape index (κ3) is 6.94. The van der Waals surface area contributed by atoms with E-state index in [0.29, 0.717) is 12.5 Å². The number of nitrogens with one attached hydrogen (secondary N) is 1. The van der Waals surface area contributed by atoms with Crippen LogP contribution in [0.1, 0.15) is 40.2 Å². The van der Waals surface area contributed by atoms with Crippen molar-refractivity contribution < 1.29 is 9.53 Å². The largest absolute Gasteiger partial charge is 0.444 e. The van der Waals surface area contributed by atoms with Crippen LogP contribution in [0.2, 0.25) is 0 Å². The van der Waals surface area contributed by atoms with Crippen molar-refractivity contribution in [3.8, 4) is 0 Å². The molecule has 0 saturated heterocycles. The molecule has 1 amide bonds. The second-order valence-corrected chi connectivity index (χ2v) is 7.09. The number of hydrogen-bond acceptors (Lipinski definition) is 3. The molecule has 1 atom stereocenters. The SMILES string of the molecule is CC(C)[C@@H](CNC(=O)OC(C)(C)C)N(C)Cc1ccccc1. The predicted molar refractivity (Wildman–Crippen MR) is 90.8 cm³/mol. The molecule has 1 aromatic carbocycles. The van der Waals surface area contributed by atoms with E-state index in [9.17, 15) is 4.79 Å². The van der Waals surface area contributed by atoms with Crippen LogP contribution in [0.15, 0.2) is 30.3 Å². The van der Waals surface area contributed by atoms with E-state index in [1.807, 2.05) is 39.0 Å². The molecule has 0 heterocycles. The van der Waals surface area contributed by atoms with Gasteiger partial charge >= 0.3 is 6.09 Å². The van der Waals surface area contributed by atoms with Crippen LogP contribution in [0, 0.1) is 5.92 Å². The molecule has 1 N–H and O–H groups in total. The molecule has 1 rings (SSSR count). The summed E-state index contributed by atoms with van der Waals surface area (Å²) in [5, 5.41) is 2.88. The summed E-state index contributed by atoms with van der Waals surface area (Å²) >= 11 is 0. The molecule has 0 aliphatic rings. The maximum atomic E-state index is 11.8. The minimum Gasteiger partial charge on any atom is -0.444 e. The molecule has 4 nitrogen and oxygen atoms in total. The molecule has 0 fully saturated rings. The number of nitrogens with zero attached hydrogens (tertiary/aromatic N) is 1. The second kappa shape index (κ2) is 8.18. The van der Waals surface area contributed by atoms with Gasteiger partial charge < -0.3 is 10.1 Å². The van der Waals surface area contributed by atoms with Gasteiger partial charge in [-0.15, -0.1) is 0 Å². The van der Waals surface area contributed by atoms with Crippen LogP contribution in [-0.2, 0) is 11.3 Å². The topological polar surface area (TPSA) is 41.6 Å². The van der Waals surface area contributed by atoms with Crippen LogP contribution in [-0.4, -0.2) is 36.2 Å². The van der Waals surface area contributed by atoms with Gasteiger partial charge in [0.25, 0.3) is 0 Å². The van der Waals surface area contributed by atoms with E-state index in [0.717, 1.165) is 6.54 Å². The first-order valence-corrected chi connectivity index (χ1v) is 7.90.